The summed E-state index contributed by atoms with van der Waals surface area (Å²) in [4.78, 5) is 13.9. The second-order valence-electron chi connectivity index (χ2n) is 4.79. The molecule has 1 aromatic rings. The number of anilines is 1. The van der Waals surface area contributed by atoms with Crippen LogP contribution in [-0.2, 0) is 4.79 Å². The lowest BCUT2D eigenvalue weighted by Crippen LogP contribution is -2.30. The Bertz CT molecular complexity index is 421. The molecule has 0 aliphatic carbocycles. The van der Waals surface area contributed by atoms with E-state index in [2.05, 4.69) is 15.5 Å². The lowest BCUT2D eigenvalue weighted by Gasteiger charge is -2.11. The van der Waals surface area contributed by atoms with E-state index in [-0.39, 0.29) is 5.91 Å². The molecule has 2 N–H and O–H groups in total. The van der Waals surface area contributed by atoms with Crippen LogP contribution in [-0.4, -0.2) is 44.5 Å². The fourth-order valence-corrected chi connectivity index (χ4v) is 1.83. The van der Waals surface area contributed by atoms with Crippen LogP contribution in [0.2, 0.25) is 5.02 Å². The topological polar surface area (TPSA) is 44.4 Å². The maximum absolute atomic E-state index is 11.7. The first-order valence-corrected chi connectivity index (χ1v) is 6.79. The molecule has 5 heteroatoms. The first-order valence-electron chi connectivity index (χ1n) is 6.41. The van der Waals surface area contributed by atoms with E-state index in [0.29, 0.717) is 11.6 Å². The molecule has 0 saturated carbocycles. The van der Waals surface area contributed by atoms with E-state index in [1.54, 1.807) is 0 Å². The molecule has 1 rings (SSSR count). The average molecular weight is 284 g/mol. The van der Waals surface area contributed by atoms with Crippen LogP contribution in [0.25, 0.3) is 0 Å². The van der Waals surface area contributed by atoms with Crippen LogP contribution in [0.4, 0.5) is 5.69 Å². The summed E-state index contributed by atoms with van der Waals surface area (Å²) in [6.45, 7) is 4.06. The Morgan fingerprint density at radius 2 is 2.11 bits per heavy atom. The minimum absolute atomic E-state index is 0.0461. The highest BCUT2D eigenvalue weighted by Gasteiger charge is 2.06. The van der Waals surface area contributed by atoms with Gasteiger partial charge < -0.3 is 15.5 Å². The maximum atomic E-state index is 11.7. The van der Waals surface area contributed by atoms with Crippen LogP contribution < -0.4 is 10.6 Å². The normalized spacial score (nSPS) is 10.8. The molecule has 1 amide bonds. The van der Waals surface area contributed by atoms with E-state index in [1.165, 1.54) is 0 Å². The monoisotopic (exact) mass is 283 g/mol. The molecule has 19 heavy (non-hydrogen) atoms. The van der Waals surface area contributed by atoms with Crippen molar-refractivity contribution in [2.24, 2.45) is 0 Å². The molecule has 106 valence electrons. The first kappa shape index (κ1) is 16.0. The second kappa shape index (κ2) is 8.15. The molecule has 0 atom stereocenters. The van der Waals surface area contributed by atoms with Gasteiger partial charge in [-0.05, 0) is 58.2 Å². The van der Waals surface area contributed by atoms with Gasteiger partial charge >= 0.3 is 0 Å². The van der Waals surface area contributed by atoms with Crippen LogP contribution in [0.5, 0.6) is 0 Å². The summed E-state index contributed by atoms with van der Waals surface area (Å²) in [5, 5.41) is 6.64. The predicted octanol–water partition coefficient (Wildman–Crippen LogP) is 2.13. The summed E-state index contributed by atoms with van der Waals surface area (Å²) in [7, 11) is 4.07. The minimum atomic E-state index is -0.0461. The lowest BCUT2D eigenvalue weighted by molar-refractivity contribution is -0.115. The summed E-state index contributed by atoms with van der Waals surface area (Å²) in [6, 6.07) is 5.49. The molecule has 0 fully saturated rings. The van der Waals surface area contributed by atoms with Gasteiger partial charge in [0.2, 0.25) is 5.91 Å². The molecule has 4 nitrogen and oxygen atoms in total. The standard InChI is InChI=1S/C14H22ClN3O/c1-11-12(15)6-4-7-13(11)17-14(19)10-16-8-5-9-18(2)3/h4,6-7,16H,5,8-10H2,1-3H3,(H,17,19). The fourth-order valence-electron chi connectivity index (χ4n) is 1.66. The van der Waals surface area contributed by atoms with Crippen LogP contribution >= 0.6 is 11.6 Å². The summed E-state index contributed by atoms with van der Waals surface area (Å²) in [5.74, 6) is -0.0461. The van der Waals surface area contributed by atoms with Gasteiger partial charge in [-0.2, -0.15) is 0 Å². The van der Waals surface area contributed by atoms with Gasteiger partial charge in [0.15, 0.2) is 0 Å². The molecular weight excluding hydrogens is 262 g/mol. The molecule has 0 aromatic heterocycles. The number of carbonyl (C=O) groups excluding carboxylic acids is 1. The smallest absolute Gasteiger partial charge is 0.238 e. The minimum Gasteiger partial charge on any atom is -0.325 e. The molecule has 0 aliphatic heterocycles. The summed E-state index contributed by atoms with van der Waals surface area (Å²) < 4.78 is 0. The first-order chi connectivity index (χ1) is 9.00. The number of halogens is 1. The second-order valence-corrected chi connectivity index (χ2v) is 5.20. The summed E-state index contributed by atoms with van der Waals surface area (Å²) in [6.07, 6.45) is 1.02. The molecule has 0 bridgehead atoms. The van der Waals surface area contributed by atoms with Gasteiger partial charge in [-0.15, -0.1) is 0 Å². The van der Waals surface area contributed by atoms with Crippen molar-refractivity contribution in [3.05, 3.63) is 28.8 Å². The highest BCUT2D eigenvalue weighted by molar-refractivity contribution is 6.31. The Labute approximate surface area is 120 Å². The zero-order valence-electron chi connectivity index (χ0n) is 11.8. The number of rotatable bonds is 7. The van der Waals surface area contributed by atoms with E-state index >= 15 is 0 Å². The molecule has 0 spiro atoms. The molecule has 0 radical (unpaired) electrons. The number of nitrogens with zero attached hydrogens (tertiary/aromatic N) is 1. The van der Waals surface area contributed by atoms with E-state index in [1.807, 2.05) is 39.2 Å². The quantitative estimate of drug-likeness (QED) is 0.754. The third-order valence-electron chi connectivity index (χ3n) is 2.79. The van der Waals surface area contributed by atoms with Gasteiger partial charge in [-0.25, -0.2) is 0 Å². The van der Waals surface area contributed by atoms with Crippen molar-refractivity contribution in [2.45, 2.75) is 13.3 Å². The average Bonchev–Trinajstić information content (AvgIpc) is 2.34. The number of benzene rings is 1. The number of amides is 1. The van der Waals surface area contributed by atoms with Crippen molar-refractivity contribution in [2.75, 3.05) is 39.0 Å². The van der Waals surface area contributed by atoms with Crippen molar-refractivity contribution in [3.63, 3.8) is 0 Å². The largest absolute Gasteiger partial charge is 0.325 e. The molecule has 0 unspecified atom stereocenters. The Kier molecular flexibility index (Phi) is 6.84. The van der Waals surface area contributed by atoms with Gasteiger partial charge in [0.1, 0.15) is 0 Å². The molecule has 0 saturated heterocycles. The van der Waals surface area contributed by atoms with Crippen LogP contribution in [0.1, 0.15) is 12.0 Å². The zero-order chi connectivity index (χ0) is 14.3. The lowest BCUT2D eigenvalue weighted by atomic mass is 10.2. The summed E-state index contributed by atoms with van der Waals surface area (Å²) >= 11 is 6.00. The van der Waals surface area contributed by atoms with E-state index in [9.17, 15) is 4.79 Å². The SMILES string of the molecule is Cc1c(Cl)cccc1NC(=O)CNCCCN(C)C. The van der Waals surface area contributed by atoms with Crippen molar-refractivity contribution in [1.82, 2.24) is 10.2 Å². The highest BCUT2D eigenvalue weighted by Crippen LogP contribution is 2.22. The fraction of sp³-hybridized carbons (Fsp3) is 0.500. The van der Waals surface area contributed by atoms with Gasteiger partial charge in [0, 0.05) is 10.7 Å². The molecule has 0 aliphatic rings. The maximum Gasteiger partial charge on any atom is 0.238 e. The van der Waals surface area contributed by atoms with E-state index < -0.39 is 0 Å². The number of nitrogens with one attached hydrogen (secondary N) is 2. The Balaban J connectivity index is 2.29. The van der Waals surface area contributed by atoms with Gasteiger partial charge in [0.25, 0.3) is 0 Å². The van der Waals surface area contributed by atoms with Crippen molar-refractivity contribution in [3.8, 4) is 0 Å². The van der Waals surface area contributed by atoms with Crippen molar-refractivity contribution < 1.29 is 4.79 Å². The molecular formula is C14H22ClN3O. The third kappa shape index (κ3) is 6.05. The van der Waals surface area contributed by atoms with E-state index in [0.717, 1.165) is 30.8 Å². The number of hydrogen-bond acceptors (Lipinski definition) is 3. The van der Waals surface area contributed by atoms with Gasteiger partial charge in [-0.3, -0.25) is 4.79 Å². The molecule has 1 aromatic carbocycles. The van der Waals surface area contributed by atoms with Crippen molar-refractivity contribution in [1.29, 1.82) is 0 Å². The number of hydrogen-bond donors (Lipinski definition) is 2. The summed E-state index contributed by atoms with van der Waals surface area (Å²) in [5.41, 5.74) is 1.66. The Hall–Kier alpha value is -1.10. The van der Waals surface area contributed by atoms with E-state index in [4.69, 9.17) is 11.6 Å². The van der Waals surface area contributed by atoms with Crippen LogP contribution in [0.15, 0.2) is 18.2 Å². The number of carbonyl (C=O) groups is 1. The zero-order valence-corrected chi connectivity index (χ0v) is 12.5. The predicted molar refractivity (Wildman–Crippen MR) is 80.9 cm³/mol. The van der Waals surface area contributed by atoms with Gasteiger partial charge in [-0.1, -0.05) is 17.7 Å². The Morgan fingerprint density at radius 3 is 2.79 bits per heavy atom. The van der Waals surface area contributed by atoms with Crippen molar-refractivity contribution >= 4 is 23.2 Å². The highest BCUT2D eigenvalue weighted by atomic mass is 35.5. The Morgan fingerprint density at radius 1 is 1.37 bits per heavy atom. The third-order valence-corrected chi connectivity index (χ3v) is 3.20. The van der Waals surface area contributed by atoms with Gasteiger partial charge in [0.05, 0.1) is 6.54 Å². The van der Waals surface area contributed by atoms with Crippen LogP contribution in [0, 0.1) is 6.92 Å². The van der Waals surface area contributed by atoms with Crippen LogP contribution in [0.3, 0.4) is 0 Å². The molecule has 0 heterocycles.